The number of benzene rings is 1. The van der Waals surface area contributed by atoms with Crippen molar-refractivity contribution in [2.24, 2.45) is 0 Å². The highest BCUT2D eigenvalue weighted by Gasteiger charge is 2.25. The molecular weight excluding hydrogens is 254 g/mol. The predicted octanol–water partition coefficient (Wildman–Crippen LogP) is 2.44. The van der Waals surface area contributed by atoms with Crippen molar-refractivity contribution < 1.29 is 14.3 Å². The zero-order valence-electron chi connectivity index (χ0n) is 11.6. The van der Waals surface area contributed by atoms with Crippen molar-refractivity contribution >= 4 is 11.6 Å². The van der Waals surface area contributed by atoms with Crippen molar-refractivity contribution in [3.63, 3.8) is 0 Å². The second kappa shape index (κ2) is 4.80. The zero-order valence-corrected chi connectivity index (χ0v) is 11.6. The number of furan rings is 1. The lowest BCUT2D eigenvalue weighted by molar-refractivity contribution is -0.117. The number of carbonyl (C=O) groups excluding carboxylic acids is 1. The highest BCUT2D eigenvalue weighted by molar-refractivity contribution is 6.00. The molecule has 0 spiro atoms. The molecule has 1 N–H and O–H groups in total. The maximum atomic E-state index is 11.7. The maximum Gasteiger partial charge on any atom is 0.231 e. The lowest BCUT2D eigenvalue weighted by Gasteiger charge is -2.14. The first-order chi connectivity index (χ1) is 9.61. The molecule has 20 heavy (non-hydrogen) atoms. The molecular formula is C16H17NO3. The summed E-state index contributed by atoms with van der Waals surface area (Å²) in [6.45, 7) is 1.99. The van der Waals surface area contributed by atoms with E-state index < -0.39 is 6.10 Å². The highest BCUT2D eigenvalue weighted by Crippen LogP contribution is 2.33. The number of aliphatic hydroxyl groups excluding tert-OH is 1. The lowest BCUT2D eigenvalue weighted by Crippen LogP contribution is -2.20. The summed E-state index contributed by atoms with van der Waals surface area (Å²) in [6.07, 6.45) is 2.03. The molecule has 1 aromatic carbocycles. The van der Waals surface area contributed by atoms with Gasteiger partial charge in [0.2, 0.25) is 5.91 Å². The minimum Gasteiger partial charge on any atom is -0.469 e. The summed E-state index contributed by atoms with van der Waals surface area (Å²) in [7, 11) is 1.77. The zero-order chi connectivity index (χ0) is 14.3. The fourth-order valence-corrected chi connectivity index (χ4v) is 2.72. The van der Waals surface area contributed by atoms with Crippen LogP contribution in [0.4, 0.5) is 5.69 Å². The molecule has 1 aromatic heterocycles. The Morgan fingerprint density at radius 3 is 2.95 bits per heavy atom. The molecule has 3 rings (SSSR count). The van der Waals surface area contributed by atoms with Gasteiger partial charge in [-0.3, -0.25) is 4.79 Å². The first-order valence-electron chi connectivity index (χ1n) is 6.75. The number of fused-ring (bicyclic) bond motifs is 1. The van der Waals surface area contributed by atoms with Crippen LogP contribution in [0.2, 0.25) is 0 Å². The van der Waals surface area contributed by atoms with Crippen LogP contribution in [-0.4, -0.2) is 18.1 Å². The van der Waals surface area contributed by atoms with Gasteiger partial charge in [-0.15, -0.1) is 0 Å². The average Bonchev–Trinajstić information content (AvgIpc) is 3.03. The van der Waals surface area contributed by atoms with E-state index in [9.17, 15) is 9.90 Å². The number of aliphatic hydroxyl groups is 1. The van der Waals surface area contributed by atoms with Crippen molar-refractivity contribution in [1.82, 2.24) is 0 Å². The molecule has 0 saturated carbocycles. The topological polar surface area (TPSA) is 53.7 Å². The van der Waals surface area contributed by atoms with Gasteiger partial charge in [0, 0.05) is 24.7 Å². The molecule has 1 aliphatic heterocycles. The van der Waals surface area contributed by atoms with Gasteiger partial charge in [-0.25, -0.2) is 0 Å². The van der Waals surface area contributed by atoms with Crippen LogP contribution in [0, 0.1) is 0 Å². The van der Waals surface area contributed by atoms with Gasteiger partial charge in [-0.05, 0) is 23.3 Å². The number of hydrogen-bond acceptors (Lipinski definition) is 3. The Morgan fingerprint density at radius 1 is 1.40 bits per heavy atom. The number of hydrogen-bond donors (Lipinski definition) is 1. The smallest absolute Gasteiger partial charge is 0.231 e. The van der Waals surface area contributed by atoms with E-state index in [1.165, 1.54) is 0 Å². The summed E-state index contributed by atoms with van der Waals surface area (Å²) in [5.74, 6) is 0.885. The molecule has 1 aliphatic rings. The van der Waals surface area contributed by atoms with Crippen LogP contribution in [0.5, 0.6) is 0 Å². The van der Waals surface area contributed by atoms with Crippen molar-refractivity contribution in [2.45, 2.75) is 25.9 Å². The molecule has 0 saturated heterocycles. The molecule has 0 radical (unpaired) electrons. The van der Waals surface area contributed by atoms with E-state index in [0.717, 1.165) is 34.6 Å². The van der Waals surface area contributed by atoms with Gasteiger partial charge in [-0.1, -0.05) is 19.1 Å². The first-order valence-corrected chi connectivity index (χ1v) is 6.75. The van der Waals surface area contributed by atoms with E-state index in [1.54, 1.807) is 24.3 Å². The number of anilines is 1. The van der Waals surface area contributed by atoms with E-state index in [-0.39, 0.29) is 5.91 Å². The minimum atomic E-state index is -0.713. The van der Waals surface area contributed by atoms with Crippen molar-refractivity contribution in [1.29, 1.82) is 0 Å². The average molecular weight is 271 g/mol. The van der Waals surface area contributed by atoms with Crippen LogP contribution in [0.1, 0.15) is 35.5 Å². The van der Waals surface area contributed by atoms with Crippen LogP contribution in [0.15, 0.2) is 34.9 Å². The second-order valence-electron chi connectivity index (χ2n) is 5.07. The number of rotatable bonds is 3. The molecule has 2 heterocycles. The number of nitrogens with zero attached hydrogens (tertiary/aromatic N) is 1. The normalized spacial score (nSPS) is 15.6. The second-order valence-corrected chi connectivity index (χ2v) is 5.07. The Labute approximate surface area is 117 Å². The van der Waals surface area contributed by atoms with Gasteiger partial charge in [-0.2, -0.15) is 0 Å². The summed E-state index contributed by atoms with van der Waals surface area (Å²) in [4.78, 5) is 13.3. The molecule has 4 nitrogen and oxygen atoms in total. The Kier molecular flexibility index (Phi) is 3.10. The van der Waals surface area contributed by atoms with E-state index in [0.29, 0.717) is 6.42 Å². The van der Waals surface area contributed by atoms with E-state index in [1.807, 2.05) is 25.1 Å². The molecule has 0 aliphatic carbocycles. The highest BCUT2D eigenvalue weighted by atomic mass is 16.3. The summed E-state index contributed by atoms with van der Waals surface area (Å²) in [6, 6.07) is 7.47. The fraction of sp³-hybridized carbons (Fsp3) is 0.312. The Hall–Kier alpha value is -2.07. The van der Waals surface area contributed by atoms with Crippen LogP contribution in [0.3, 0.4) is 0 Å². The Bertz CT molecular complexity index is 659. The monoisotopic (exact) mass is 271 g/mol. The lowest BCUT2D eigenvalue weighted by atomic mass is 9.98. The number of likely N-dealkylation sites (N-methyl/N-ethyl adjacent to an activating group) is 1. The molecule has 2 aromatic rings. The molecule has 1 amide bonds. The van der Waals surface area contributed by atoms with E-state index in [4.69, 9.17) is 4.42 Å². The van der Waals surface area contributed by atoms with Gasteiger partial charge in [0.1, 0.15) is 11.9 Å². The van der Waals surface area contributed by atoms with Crippen molar-refractivity contribution in [3.05, 3.63) is 53.0 Å². The van der Waals surface area contributed by atoms with Gasteiger partial charge in [0.15, 0.2) is 0 Å². The van der Waals surface area contributed by atoms with Gasteiger partial charge >= 0.3 is 0 Å². The Morgan fingerprint density at radius 2 is 2.20 bits per heavy atom. The largest absolute Gasteiger partial charge is 0.469 e. The third-order valence-electron chi connectivity index (χ3n) is 3.89. The van der Waals surface area contributed by atoms with Gasteiger partial charge < -0.3 is 14.4 Å². The minimum absolute atomic E-state index is 0.0872. The molecule has 4 heteroatoms. The first kappa shape index (κ1) is 12.9. The molecule has 1 unspecified atom stereocenters. The van der Waals surface area contributed by atoms with Crippen molar-refractivity contribution in [3.8, 4) is 0 Å². The molecule has 0 bridgehead atoms. The summed E-state index contributed by atoms with van der Waals surface area (Å²) >= 11 is 0. The third kappa shape index (κ3) is 1.93. The van der Waals surface area contributed by atoms with Crippen LogP contribution >= 0.6 is 0 Å². The standard InChI is InChI=1S/C16H17NO3/c1-3-14-12(6-7-20-14)16(19)10-4-5-13-11(8-10)9-15(18)17(13)2/h4-8,16,19H,3,9H2,1-2H3. The third-order valence-corrected chi connectivity index (χ3v) is 3.89. The van der Waals surface area contributed by atoms with Gasteiger partial charge in [0.05, 0.1) is 12.7 Å². The Balaban J connectivity index is 1.96. The molecule has 104 valence electrons. The summed E-state index contributed by atoms with van der Waals surface area (Å²) in [5.41, 5.74) is 3.48. The SMILES string of the molecule is CCc1occc1C(O)c1ccc2c(c1)CC(=O)N2C. The summed E-state index contributed by atoms with van der Waals surface area (Å²) < 4.78 is 5.36. The number of amides is 1. The van der Waals surface area contributed by atoms with E-state index in [2.05, 4.69) is 0 Å². The van der Waals surface area contributed by atoms with E-state index >= 15 is 0 Å². The van der Waals surface area contributed by atoms with Crippen molar-refractivity contribution in [2.75, 3.05) is 11.9 Å². The van der Waals surface area contributed by atoms with Gasteiger partial charge in [0.25, 0.3) is 0 Å². The van der Waals surface area contributed by atoms with Crippen LogP contribution < -0.4 is 4.90 Å². The maximum absolute atomic E-state index is 11.7. The molecule has 0 fully saturated rings. The van der Waals surface area contributed by atoms with Crippen LogP contribution in [0.25, 0.3) is 0 Å². The predicted molar refractivity (Wildman–Crippen MR) is 75.7 cm³/mol. The fourth-order valence-electron chi connectivity index (χ4n) is 2.72. The number of carbonyl (C=O) groups is 1. The number of aryl methyl sites for hydroxylation is 1. The van der Waals surface area contributed by atoms with Crippen LogP contribution in [-0.2, 0) is 17.6 Å². The quantitative estimate of drug-likeness (QED) is 0.933. The summed E-state index contributed by atoms with van der Waals surface area (Å²) in [5, 5.41) is 10.5. The molecule has 1 atom stereocenters.